The fourth-order valence-electron chi connectivity index (χ4n) is 3.52. The van der Waals surface area contributed by atoms with Crippen LogP contribution in [0, 0.1) is 5.92 Å². The highest BCUT2D eigenvalue weighted by Crippen LogP contribution is 2.51. The van der Waals surface area contributed by atoms with E-state index in [1.807, 2.05) is 13.8 Å². The van der Waals surface area contributed by atoms with Crippen LogP contribution in [0.3, 0.4) is 0 Å². The smallest absolute Gasteiger partial charge is 0.475 e. The lowest BCUT2D eigenvalue weighted by Gasteiger charge is -2.29. The van der Waals surface area contributed by atoms with Crippen LogP contribution < -0.4 is 21.3 Å². The van der Waals surface area contributed by atoms with E-state index < -0.39 is 25.8 Å². The van der Waals surface area contributed by atoms with Gasteiger partial charge in [-0.05, 0) is 30.0 Å². The van der Waals surface area contributed by atoms with Crippen LogP contribution in [0.4, 0.5) is 19.0 Å². The van der Waals surface area contributed by atoms with Crippen LogP contribution >= 0.6 is 7.60 Å². The Morgan fingerprint density at radius 1 is 1.24 bits per heavy atom. The van der Waals surface area contributed by atoms with Gasteiger partial charge in [0.2, 0.25) is 5.91 Å². The Morgan fingerprint density at radius 2 is 1.90 bits per heavy atom. The number of nitrogens with one attached hydrogen (secondary N) is 1. The van der Waals surface area contributed by atoms with Gasteiger partial charge >= 0.3 is 19.7 Å². The van der Waals surface area contributed by atoms with Crippen LogP contribution in [0.1, 0.15) is 19.4 Å². The van der Waals surface area contributed by atoms with Gasteiger partial charge in [0.15, 0.2) is 17.8 Å². The van der Waals surface area contributed by atoms with Crippen LogP contribution in [0.15, 0.2) is 36.9 Å². The molecule has 2 aromatic heterocycles. The number of benzene rings is 1. The van der Waals surface area contributed by atoms with Gasteiger partial charge in [0.25, 0.3) is 0 Å². The molecule has 1 amide bonds. The number of carbonyl (C=O) groups is 2. The van der Waals surface area contributed by atoms with Gasteiger partial charge in [0.05, 0.1) is 25.5 Å². The summed E-state index contributed by atoms with van der Waals surface area (Å²) >= 11 is 0. The van der Waals surface area contributed by atoms with Crippen molar-refractivity contribution in [3.63, 3.8) is 0 Å². The number of carbonyl (C=O) groups excluding carboxylic acids is 1. The third kappa shape index (κ3) is 9.37. The molecule has 14 nitrogen and oxygen atoms in total. The number of hydrogen-bond donors (Lipinski definition) is 4. The number of hydrogen-bond acceptors (Lipinski definition) is 11. The number of halogens is 3. The van der Waals surface area contributed by atoms with E-state index in [9.17, 15) is 22.5 Å². The number of nitrogen functional groups attached to an aromatic ring is 1. The quantitative estimate of drug-likeness (QED) is 0.255. The molecule has 1 aliphatic rings. The second-order valence-corrected chi connectivity index (χ2v) is 11.6. The third-order valence-corrected chi connectivity index (χ3v) is 7.14. The summed E-state index contributed by atoms with van der Waals surface area (Å²) in [4.78, 5) is 33.3. The molecule has 1 aliphatic heterocycles. The van der Waals surface area contributed by atoms with Crippen molar-refractivity contribution < 1.29 is 46.2 Å². The molecule has 42 heavy (non-hydrogen) atoms. The summed E-state index contributed by atoms with van der Waals surface area (Å²) in [7, 11) is -3.48. The van der Waals surface area contributed by atoms with Gasteiger partial charge in [-0.2, -0.15) is 13.2 Å². The molecule has 3 aromatic rings. The maximum Gasteiger partial charge on any atom is 0.490 e. The normalized spacial score (nSPS) is 19.5. The van der Waals surface area contributed by atoms with Crippen molar-refractivity contribution in [3.8, 4) is 5.75 Å². The first-order chi connectivity index (χ1) is 19.7. The number of rotatable bonds is 9. The summed E-state index contributed by atoms with van der Waals surface area (Å²) in [5.74, 6) is -1.91. The molecule has 230 valence electrons. The summed E-state index contributed by atoms with van der Waals surface area (Å²) in [6.07, 6.45) is -2.28. The monoisotopic (exact) mass is 617 g/mol. The van der Waals surface area contributed by atoms with Crippen molar-refractivity contribution in [2.45, 2.75) is 45.1 Å². The maximum atomic E-state index is 13.0. The minimum absolute atomic E-state index is 0.0793. The van der Waals surface area contributed by atoms with Crippen molar-refractivity contribution in [3.05, 3.63) is 42.5 Å². The van der Waals surface area contributed by atoms with E-state index in [-0.39, 0.29) is 25.0 Å². The molecule has 1 fully saturated rings. The maximum absolute atomic E-state index is 13.0. The fourth-order valence-corrected chi connectivity index (χ4v) is 4.93. The highest BCUT2D eigenvalue weighted by atomic mass is 31.2. The van der Waals surface area contributed by atoms with Gasteiger partial charge in [0.1, 0.15) is 23.7 Å². The van der Waals surface area contributed by atoms with Crippen molar-refractivity contribution in [2.75, 3.05) is 25.2 Å². The van der Waals surface area contributed by atoms with Crippen LogP contribution in [-0.4, -0.2) is 74.3 Å². The number of carboxylic acid groups (broad SMARTS) is 1. The van der Waals surface area contributed by atoms with Crippen LogP contribution in [0.25, 0.3) is 11.2 Å². The van der Waals surface area contributed by atoms with E-state index in [1.54, 1.807) is 35.2 Å². The lowest BCUT2D eigenvalue weighted by Crippen LogP contribution is -2.43. The van der Waals surface area contributed by atoms with Crippen LogP contribution in [0.2, 0.25) is 0 Å². The number of aliphatic carboxylic acids is 1. The number of nitrogens with zero attached hydrogens (tertiary/aromatic N) is 4. The first kappa shape index (κ1) is 32.7. The number of fused-ring (bicyclic) bond motifs is 1. The third-order valence-electron chi connectivity index (χ3n) is 5.64. The molecule has 0 bridgehead atoms. The summed E-state index contributed by atoms with van der Waals surface area (Å²) in [6, 6.07) is 6.25. The summed E-state index contributed by atoms with van der Waals surface area (Å²) < 4.78 is 63.5. The largest absolute Gasteiger partial charge is 0.490 e. The zero-order valence-corrected chi connectivity index (χ0v) is 23.5. The Kier molecular flexibility index (Phi) is 10.8. The van der Waals surface area contributed by atoms with E-state index in [1.165, 1.54) is 6.33 Å². The Labute approximate surface area is 238 Å². The van der Waals surface area contributed by atoms with Crippen molar-refractivity contribution in [1.29, 1.82) is 0 Å². The predicted octanol–water partition coefficient (Wildman–Crippen LogP) is 2.33. The molecule has 0 spiro atoms. The van der Waals surface area contributed by atoms with E-state index in [0.29, 0.717) is 48.2 Å². The summed E-state index contributed by atoms with van der Waals surface area (Å²) in [6.45, 7) is 5.09. The standard InChI is InChI=1S/C22H30N7O5P.C2HF3O2/c1-14(2)8-25-22(30)18(23)7-15-3-5-16(6-4-15)34-35(31)13-32-17(10-33-35)9-29-12-28-19-20(24)26-11-27-21(19)29;3-2(4,5)1(6)7/h3-6,11-12,14,17-18H,7-10,13,23H2,1-2H3,(H,25,30)(H2,24,26,27);(H,6,7)/t17-,18-,35?;/m0./s1. The zero-order valence-electron chi connectivity index (χ0n) is 22.7. The number of carboxylic acids is 1. The Hall–Kier alpha value is -3.79. The number of nitrogens with two attached hydrogens (primary N) is 2. The molecule has 1 saturated heterocycles. The number of amides is 1. The molecule has 1 aromatic carbocycles. The lowest BCUT2D eigenvalue weighted by atomic mass is 10.1. The molecule has 6 N–H and O–H groups in total. The van der Waals surface area contributed by atoms with Crippen molar-refractivity contribution in [2.24, 2.45) is 11.7 Å². The molecular weight excluding hydrogens is 586 g/mol. The second-order valence-electron chi connectivity index (χ2n) is 9.64. The Balaban J connectivity index is 0.000000616. The van der Waals surface area contributed by atoms with E-state index in [2.05, 4.69) is 20.3 Å². The van der Waals surface area contributed by atoms with Gasteiger partial charge in [0, 0.05) is 6.54 Å². The number of anilines is 1. The van der Waals surface area contributed by atoms with Gasteiger partial charge in [-0.15, -0.1) is 0 Å². The topological polar surface area (TPSA) is 207 Å². The van der Waals surface area contributed by atoms with Gasteiger partial charge in [-0.25, -0.2) is 24.3 Å². The van der Waals surface area contributed by atoms with Crippen molar-refractivity contribution in [1.82, 2.24) is 24.8 Å². The minimum atomic E-state index is -5.08. The lowest BCUT2D eigenvalue weighted by molar-refractivity contribution is -0.192. The highest BCUT2D eigenvalue weighted by molar-refractivity contribution is 7.54. The average Bonchev–Trinajstić information content (AvgIpc) is 3.33. The van der Waals surface area contributed by atoms with Crippen LogP contribution in [-0.2, 0) is 36.4 Å². The number of ether oxygens (including phenoxy) is 1. The zero-order chi connectivity index (χ0) is 31.1. The number of alkyl halides is 3. The Morgan fingerprint density at radius 3 is 2.48 bits per heavy atom. The summed E-state index contributed by atoms with van der Waals surface area (Å²) in [5.41, 5.74) is 13.8. The molecule has 1 unspecified atom stereocenters. The van der Waals surface area contributed by atoms with Crippen LogP contribution in [0.5, 0.6) is 5.75 Å². The number of imidazole rings is 1. The molecule has 3 atom stereocenters. The second kappa shape index (κ2) is 13.9. The summed E-state index contributed by atoms with van der Waals surface area (Å²) in [5, 5.41) is 9.95. The highest BCUT2D eigenvalue weighted by Gasteiger charge is 2.38. The molecule has 0 radical (unpaired) electrons. The average molecular weight is 618 g/mol. The van der Waals surface area contributed by atoms with Gasteiger partial charge in [-0.1, -0.05) is 26.0 Å². The fraction of sp³-hybridized carbons (Fsp3) is 0.458. The first-order valence-electron chi connectivity index (χ1n) is 12.6. The Bertz CT molecular complexity index is 1410. The molecule has 4 rings (SSSR count). The molecule has 3 heterocycles. The van der Waals surface area contributed by atoms with Crippen molar-refractivity contribution >= 4 is 36.5 Å². The first-order valence-corrected chi connectivity index (χ1v) is 14.3. The van der Waals surface area contributed by atoms with Gasteiger partial charge < -0.3 is 35.7 Å². The van der Waals surface area contributed by atoms with E-state index in [0.717, 1.165) is 5.56 Å². The van der Waals surface area contributed by atoms with Gasteiger partial charge in [-0.3, -0.25) is 9.32 Å². The minimum Gasteiger partial charge on any atom is -0.475 e. The predicted molar refractivity (Wildman–Crippen MR) is 143 cm³/mol. The molecular formula is C24H31F3N7O7P. The molecule has 0 saturated carbocycles. The SMILES string of the molecule is CC(C)CNC(=O)[C@@H](N)Cc1ccc(OP2(=O)CO[C@@H](Cn3cnc4c(N)ncnc43)CO2)cc1.O=C(O)C(F)(F)F. The van der Waals surface area contributed by atoms with E-state index >= 15 is 0 Å². The molecule has 0 aliphatic carbocycles. The molecule has 18 heteroatoms. The number of aromatic nitrogens is 4. The van der Waals surface area contributed by atoms with E-state index in [4.69, 9.17) is 35.2 Å².